The van der Waals surface area contributed by atoms with Crippen molar-refractivity contribution in [3.8, 4) is 0 Å². The summed E-state index contributed by atoms with van der Waals surface area (Å²) in [6, 6.07) is 20.6. The van der Waals surface area contributed by atoms with Gasteiger partial charge < -0.3 is 30.9 Å². The van der Waals surface area contributed by atoms with E-state index >= 15 is 0 Å². The molecule has 0 saturated carbocycles. The first kappa shape index (κ1) is 24.8. The van der Waals surface area contributed by atoms with Crippen LogP contribution in [0, 0.1) is 0 Å². The summed E-state index contributed by atoms with van der Waals surface area (Å²) in [5, 5.41) is 22.5. The van der Waals surface area contributed by atoms with Gasteiger partial charge in [0.05, 0.1) is 12.6 Å². The van der Waals surface area contributed by atoms with Crippen molar-refractivity contribution in [2.75, 3.05) is 32.8 Å². The number of aromatic nitrogens is 1. The molecule has 1 aliphatic rings. The number of hydrogen-bond acceptors (Lipinski definition) is 4. The van der Waals surface area contributed by atoms with Crippen LogP contribution in [0.1, 0.15) is 11.1 Å². The first-order valence-electron chi connectivity index (χ1n) is 12.8. The van der Waals surface area contributed by atoms with Crippen LogP contribution in [0.25, 0.3) is 21.7 Å². The Hall–Kier alpha value is -3.88. The highest BCUT2D eigenvalue weighted by Crippen LogP contribution is 2.20. The van der Waals surface area contributed by atoms with Gasteiger partial charge in [-0.1, -0.05) is 60.7 Å². The second-order valence-corrected chi connectivity index (χ2v) is 9.58. The maximum absolute atomic E-state index is 13.5. The van der Waals surface area contributed by atoms with Gasteiger partial charge in [-0.15, -0.1) is 0 Å². The molecule has 1 saturated heterocycles. The predicted octanol–water partition coefficient (Wildman–Crippen LogP) is 2.57. The molecule has 1 fully saturated rings. The normalized spacial score (nSPS) is 15.4. The van der Waals surface area contributed by atoms with Gasteiger partial charge in [-0.05, 0) is 34.4 Å². The summed E-state index contributed by atoms with van der Waals surface area (Å²) in [6.45, 7) is 2.43. The number of urea groups is 1. The van der Waals surface area contributed by atoms with Crippen LogP contribution >= 0.6 is 0 Å². The highest BCUT2D eigenvalue weighted by atomic mass is 16.3. The van der Waals surface area contributed by atoms with E-state index < -0.39 is 12.1 Å². The average molecular weight is 500 g/mol. The van der Waals surface area contributed by atoms with E-state index in [2.05, 4.69) is 27.0 Å². The van der Waals surface area contributed by atoms with Crippen LogP contribution in [-0.2, 0) is 17.6 Å². The Morgan fingerprint density at radius 1 is 0.919 bits per heavy atom. The van der Waals surface area contributed by atoms with Crippen LogP contribution in [0.4, 0.5) is 4.79 Å². The average Bonchev–Trinajstić information content (AvgIpc) is 3.35. The quantitative estimate of drug-likeness (QED) is 0.257. The van der Waals surface area contributed by atoms with Crippen molar-refractivity contribution in [3.05, 3.63) is 84.1 Å². The Bertz CT molecular complexity index is 1380. The lowest BCUT2D eigenvalue weighted by Crippen LogP contribution is -2.57. The van der Waals surface area contributed by atoms with Gasteiger partial charge >= 0.3 is 6.03 Å². The lowest BCUT2D eigenvalue weighted by atomic mass is 10.0. The number of carbonyl (C=O) groups is 2. The molecule has 8 heteroatoms. The maximum atomic E-state index is 13.5. The van der Waals surface area contributed by atoms with E-state index in [1.165, 1.54) is 0 Å². The van der Waals surface area contributed by atoms with Gasteiger partial charge in [-0.25, -0.2) is 4.79 Å². The number of piperazine rings is 1. The minimum atomic E-state index is -0.777. The molecular formula is C29H33N5O3. The molecule has 5 N–H and O–H groups in total. The second kappa shape index (κ2) is 11.5. The lowest BCUT2D eigenvalue weighted by Gasteiger charge is -2.30. The minimum absolute atomic E-state index is 0.209. The summed E-state index contributed by atoms with van der Waals surface area (Å²) in [5.41, 5.74) is 2.99. The topological polar surface area (TPSA) is 109 Å². The Morgan fingerprint density at radius 3 is 2.49 bits per heavy atom. The Balaban J connectivity index is 1.33. The molecule has 1 aliphatic heterocycles. The minimum Gasteiger partial charge on any atom is -0.394 e. The monoisotopic (exact) mass is 499 g/mol. The molecule has 0 aliphatic carbocycles. The highest BCUT2D eigenvalue weighted by Gasteiger charge is 2.27. The third-order valence-electron chi connectivity index (χ3n) is 6.98. The smallest absolute Gasteiger partial charge is 0.318 e. The number of para-hydroxylation sites is 1. The van der Waals surface area contributed by atoms with E-state index in [4.69, 9.17) is 0 Å². The van der Waals surface area contributed by atoms with Gasteiger partial charge in [0.2, 0.25) is 5.91 Å². The third kappa shape index (κ3) is 5.93. The summed E-state index contributed by atoms with van der Waals surface area (Å²) < 4.78 is 0. The van der Waals surface area contributed by atoms with Crippen molar-refractivity contribution in [2.45, 2.75) is 24.9 Å². The van der Waals surface area contributed by atoms with Crippen molar-refractivity contribution in [1.29, 1.82) is 0 Å². The summed E-state index contributed by atoms with van der Waals surface area (Å²) in [4.78, 5) is 31.5. The van der Waals surface area contributed by atoms with E-state index in [1.54, 1.807) is 4.90 Å². The zero-order valence-electron chi connectivity index (χ0n) is 20.7. The van der Waals surface area contributed by atoms with Gasteiger partial charge in [0.1, 0.15) is 6.04 Å². The molecule has 37 heavy (non-hydrogen) atoms. The Morgan fingerprint density at radius 2 is 1.68 bits per heavy atom. The summed E-state index contributed by atoms with van der Waals surface area (Å²) in [6.07, 6.45) is 2.73. The SMILES string of the molecule is O=C(N[C@@H](CO)Cc1c[nH]c2ccccc12)[C@@H](Cc1ccc2ccccc2c1)NC(=O)N1CCNCC1. The van der Waals surface area contributed by atoms with Crippen LogP contribution in [0.2, 0.25) is 0 Å². The largest absolute Gasteiger partial charge is 0.394 e. The number of hydrogen-bond donors (Lipinski definition) is 5. The number of amides is 3. The van der Waals surface area contributed by atoms with Gasteiger partial charge in [0.25, 0.3) is 0 Å². The molecule has 0 spiro atoms. The number of aliphatic hydroxyl groups excluding tert-OH is 1. The zero-order chi connectivity index (χ0) is 25.6. The van der Waals surface area contributed by atoms with E-state index in [9.17, 15) is 14.7 Å². The second-order valence-electron chi connectivity index (χ2n) is 9.58. The number of aliphatic hydroxyl groups is 1. The lowest BCUT2D eigenvalue weighted by molar-refractivity contribution is -0.124. The van der Waals surface area contributed by atoms with Gasteiger partial charge in [-0.3, -0.25) is 4.79 Å². The van der Waals surface area contributed by atoms with E-state index in [0.717, 1.165) is 45.9 Å². The van der Waals surface area contributed by atoms with Crippen LogP contribution in [0.3, 0.4) is 0 Å². The van der Waals surface area contributed by atoms with Gasteiger partial charge in [-0.2, -0.15) is 0 Å². The summed E-state index contributed by atoms with van der Waals surface area (Å²) in [5.74, 6) is -0.310. The molecule has 5 rings (SSSR count). The molecule has 8 nitrogen and oxygen atoms in total. The van der Waals surface area contributed by atoms with Crippen LogP contribution in [0.15, 0.2) is 72.9 Å². The van der Waals surface area contributed by atoms with Crippen molar-refractivity contribution >= 4 is 33.6 Å². The first-order valence-corrected chi connectivity index (χ1v) is 12.8. The van der Waals surface area contributed by atoms with Crippen molar-refractivity contribution in [1.82, 2.24) is 25.8 Å². The van der Waals surface area contributed by atoms with Gasteiger partial charge in [0.15, 0.2) is 0 Å². The number of nitrogens with zero attached hydrogens (tertiary/aromatic N) is 1. The van der Waals surface area contributed by atoms with Crippen molar-refractivity contribution < 1.29 is 14.7 Å². The van der Waals surface area contributed by atoms with E-state index in [1.807, 2.05) is 66.9 Å². The molecule has 2 heterocycles. The zero-order valence-corrected chi connectivity index (χ0v) is 20.7. The first-order chi connectivity index (χ1) is 18.1. The van der Waals surface area contributed by atoms with E-state index in [0.29, 0.717) is 25.9 Å². The molecular weight excluding hydrogens is 466 g/mol. The Kier molecular flexibility index (Phi) is 7.67. The predicted molar refractivity (Wildman–Crippen MR) is 145 cm³/mol. The fraction of sp³-hybridized carbons (Fsp3) is 0.310. The number of H-pyrrole nitrogens is 1. The standard InChI is InChI=1S/C29H33N5O3/c35-19-24(17-23-18-31-26-8-4-3-7-25(23)26)32-28(36)27(33-29(37)34-13-11-30-12-14-34)16-20-9-10-21-5-1-2-6-22(21)15-20/h1-10,15,18,24,27,30-31,35H,11-14,16-17,19H2,(H,32,36)(H,33,37)/t24-,27-/m1/s1. The van der Waals surface area contributed by atoms with Crippen LogP contribution in [0.5, 0.6) is 0 Å². The van der Waals surface area contributed by atoms with Crippen molar-refractivity contribution in [2.24, 2.45) is 0 Å². The van der Waals surface area contributed by atoms with Gasteiger partial charge in [0, 0.05) is 49.7 Å². The molecule has 192 valence electrons. The fourth-order valence-electron chi connectivity index (χ4n) is 4.95. The highest BCUT2D eigenvalue weighted by molar-refractivity contribution is 5.88. The number of aromatic amines is 1. The number of fused-ring (bicyclic) bond motifs is 2. The molecule has 3 aromatic carbocycles. The molecule has 0 bridgehead atoms. The van der Waals surface area contributed by atoms with Crippen LogP contribution in [-0.4, -0.2) is 71.8 Å². The number of nitrogens with one attached hydrogen (secondary N) is 4. The Labute approximate surface area is 216 Å². The number of rotatable bonds is 8. The molecule has 3 amide bonds. The van der Waals surface area contributed by atoms with Crippen molar-refractivity contribution in [3.63, 3.8) is 0 Å². The molecule has 0 radical (unpaired) electrons. The fourth-order valence-corrected chi connectivity index (χ4v) is 4.95. The maximum Gasteiger partial charge on any atom is 0.318 e. The van der Waals surface area contributed by atoms with E-state index in [-0.39, 0.29) is 18.5 Å². The van der Waals surface area contributed by atoms with Crippen LogP contribution < -0.4 is 16.0 Å². The summed E-state index contributed by atoms with van der Waals surface area (Å²) >= 11 is 0. The number of carbonyl (C=O) groups excluding carboxylic acids is 2. The molecule has 4 aromatic rings. The molecule has 2 atom stereocenters. The summed E-state index contributed by atoms with van der Waals surface area (Å²) in [7, 11) is 0. The molecule has 0 unspecified atom stereocenters. The third-order valence-corrected chi connectivity index (χ3v) is 6.98. The number of benzene rings is 3. The molecule has 1 aromatic heterocycles.